The molecule has 3 aliphatic carbocycles. The second-order valence-corrected chi connectivity index (χ2v) is 9.60. The first-order valence-corrected chi connectivity index (χ1v) is 10.5. The molecule has 0 unspecified atom stereocenters. The smallest absolute Gasteiger partial charge is 0.477 e. The molecule has 1 N–H and O–H groups in total. The number of alkyl halides is 3. The molecule has 6 nitrogen and oxygen atoms in total. The lowest BCUT2D eigenvalue weighted by Gasteiger charge is -2.59. The zero-order valence-corrected chi connectivity index (χ0v) is 15.4. The monoisotopic (exact) mass is 418 g/mol. The maximum absolute atomic E-state index is 12.8. The molecule has 1 aliphatic heterocycles. The highest BCUT2D eigenvalue weighted by molar-refractivity contribution is 7.88. The highest BCUT2D eigenvalue weighted by Crippen LogP contribution is 2.67. The molecule has 1 aromatic carbocycles. The predicted molar refractivity (Wildman–Crippen MR) is 88.4 cm³/mol. The van der Waals surface area contributed by atoms with Crippen molar-refractivity contribution in [1.82, 2.24) is 0 Å². The summed E-state index contributed by atoms with van der Waals surface area (Å²) in [6.07, 6.45) is 1.81. The van der Waals surface area contributed by atoms with Gasteiger partial charge < -0.3 is 14.0 Å². The molecular weight excluding hydrogens is 401 g/mol. The first-order valence-electron chi connectivity index (χ1n) is 9.10. The van der Waals surface area contributed by atoms with Crippen LogP contribution in [0.4, 0.5) is 13.2 Å². The van der Waals surface area contributed by atoms with Crippen LogP contribution in [0, 0.1) is 5.92 Å². The number of carbonyl (C=O) groups excluding carboxylic acids is 1. The quantitative estimate of drug-likeness (QED) is 0.586. The van der Waals surface area contributed by atoms with Gasteiger partial charge in [0.1, 0.15) is 0 Å². The normalized spacial score (nSPS) is 35.9. The van der Waals surface area contributed by atoms with E-state index in [4.69, 9.17) is 4.74 Å². The third-order valence-electron chi connectivity index (χ3n) is 6.90. The SMILES string of the molecule is O=C1CC[C@]2(O)[C@H]3CCC[C@]24c2c(ccc(OS(=O)(=O)C(F)(F)F)c2O[C@H]14)C3. The van der Waals surface area contributed by atoms with Gasteiger partial charge >= 0.3 is 15.6 Å². The summed E-state index contributed by atoms with van der Waals surface area (Å²) in [6, 6.07) is 2.65. The van der Waals surface area contributed by atoms with Gasteiger partial charge in [-0.05, 0) is 43.2 Å². The number of ketones is 1. The molecule has 5 rings (SSSR count). The van der Waals surface area contributed by atoms with Crippen molar-refractivity contribution in [2.45, 2.75) is 61.2 Å². The third kappa shape index (κ3) is 1.97. The number of benzene rings is 1. The summed E-state index contributed by atoms with van der Waals surface area (Å²) in [6.45, 7) is 0. The van der Waals surface area contributed by atoms with Crippen LogP contribution in [-0.4, -0.2) is 36.5 Å². The van der Waals surface area contributed by atoms with E-state index in [-0.39, 0.29) is 30.3 Å². The van der Waals surface area contributed by atoms with Gasteiger partial charge in [0.05, 0.1) is 11.0 Å². The molecule has 0 aromatic heterocycles. The summed E-state index contributed by atoms with van der Waals surface area (Å²) >= 11 is 0. The van der Waals surface area contributed by atoms with E-state index in [0.29, 0.717) is 18.4 Å². The molecule has 28 heavy (non-hydrogen) atoms. The van der Waals surface area contributed by atoms with Gasteiger partial charge in [0.15, 0.2) is 23.4 Å². The van der Waals surface area contributed by atoms with Gasteiger partial charge in [0, 0.05) is 12.0 Å². The molecule has 1 aromatic rings. The van der Waals surface area contributed by atoms with E-state index < -0.39 is 38.5 Å². The van der Waals surface area contributed by atoms with Gasteiger partial charge in [-0.25, -0.2) is 0 Å². The standard InChI is InChI=1S/C18H17F3O6S/c19-18(20,21)28(24,25)27-12-4-3-9-8-10-2-1-6-16-13(9)14(12)26-15(16)11(22)5-7-17(10,16)23/h3-4,10,15,23H,1-2,5-8H2/t10-,15+,16+,17-/m0/s1. The fourth-order valence-corrected chi connectivity index (χ4v) is 6.32. The van der Waals surface area contributed by atoms with E-state index in [0.717, 1.165) is 24.5 Å². The number of hydrogen-bond donors (Lipinski definition) is 1. The minimum absolute atomic E-state index is 0.0791. The van der Waals surface area contributed by atoms with Crippen molar-refractivity contribution in [2.75, 3.05) is 0 Å². The van der Waals surface area contributed by atoms with Gasteiger partial charge in [-0.3, -0.25) is 4.79 Å². The molecule has 0 saturated heterocycles. The molecule has 2 bridgehead atoms. The Bertz CT molecular complexity index is 1000. The van der Waals surface area contributed by atoms with Gasteiger partial charge in [-0.2, -0.15) is 21.6 Å². The van der Waals surface area contributed by atoms with E-state index in [1.54, 1.807) is 0 Å². The summed E-state index contributed by atoms with van der Waals surface area (Å²) in [4.78, 5) is 12.6. The summed E-state index contributed by atoms with van der Waals surface area (Å²) in [5.41, 5.74) is -6.65. The minimum atomic E-state index is -5.89. The zero-order chi connectivity index (χ0) is 20.1. The average Bonchev–Trinajstić information content (AvgIpc) is 2.93. The van der Waals surface area contributed by atoms with Crippen molar-refractivity contribution in [3.05, 3.63) is 23.3 Å². The molecule has 2 fully saturated rings. The molecule has 4 aliphatic rings. The lowest BCUT2D eigenvalue weighted by Crippen LogP contribution is -2.69. The lowest BCUT2D eigenvalue weighted by atomic mass is 9.46. The molecule has 2 saturated carbocycles. The third-order valence-corrected chi connectivity index (χ3v) is 7.87. The number of Topliss-reactive ketones (excluding diaryl/α,β-unsaturated/α-hetero) is 1. The minimum Gasteiger partial charge on any atom is -0.477 e. The van der Waals surface area contributed by atoms with Crippen LogP contribution in [-0.2, 0) is 26.7 Å². The number of ether oxygens (including phenoxy) is 1. The molecule has 10 heteroatoms. The van der Waals surface area contributed by atoms with Crippen LogP contribution >= 0.6 is 0 Å². The van der Waals surface area contributed by atoms with Gasteiger partial charge in [0.25, 0.3) is 0 Å². The molecule has 1 spiro atoms. The Morgan fingerprint density at radius 3 is 2.71 bits per heavy atom. The van der Waals surface area contributed by atoms with E-state index >= 15 is 0 Å². The van der Waals surface area contributed by atoms with Crippen LogP contribution in [0.2, 0.25) is 0 Å². The fourth-order valence-electron chi connectivity index (χ4n) is 5.86. The number of rotatable bonds is 2. The Balaban J connectivity index is 1.73. The van der Waals surface area contributed by atoms with E-state index in [1.807, 2.05) is 0 Å². The van der Waals surface area contributed by atoms with Crippen molar-refractivity contribution in [3.8, 4) is 11.5 Å². The van der Waals surface area contributed by atoms with Crippen LogP contribution in [0.5, 0.6) is 11.5 Å². The topological polar surface area (TPSA) is 89.9 Å². The predicted octanol–water partition coefficient (Wildman–Crippen LogP) is 2.36. The second kappa shape index (κ2) is 5.21. The Kier molecular flexibility index (Phi) is 3.39. The largest absolute Gasteiger partial charge is 0.534 e. The number of aliphatic hydroxyl groups is 1. The fraction of sp³-hybridized carbons (Fsp3) is 0.611. The molecule has 152 valence electrons. The maximum atomic E-state index is 12.8. The average molecular weight is 418 g/mol. The Morgan fingerprint density at radius 1 is 1.25 bits per heavy atom. The summed E-state index contributed by atoms with van der Waals surface area (Å²) in [7, 11) is -5.89. The lowest BCUT2D eigenvalue weighted by molar-refractivity contribution is -0.177. The first kappa shape index (κ1) is 18.2. The molecular formula is C18H17F3O6S. The van der Waals surface area contributed by atoms with Gasteiger partial charge in [-0.1, -0.05) is 12.5 Å². The van der Waals surface area contributed by atoms with Crippen molar-refractivity contribution in [2.24, 2.45) is 5.92 Å². The van der Waals surface area contributed by atoms with Crippen molar-refractivity contribution in [1.29, 1.82) is 0 Å². The zero-order valence-electron chi connectivity index (χ0n) is 14.6. The molecule has 1 heterocycles. The van der Waals surface area contributed by atoms with E-state index in [2.05, 4.69) is 4.18 Å². The van der Waals surface area contributed by atoms with E-state index in [1.165, 1.54) is 6.07 Å². The van der Waals surface area contributed by atoms with Crippen LogP contribution in [0.3, 0.4) is 0 Å². The molecule has 0 radical (unpaired) electrons. The van der Waals surface area contributed by atoms with E-state index in [9.17, 15) is 31.5 Å². The van der Waals surface area contributed by atoms with Gasteiger partial charge in [-0.15, -0.1) is 0 Å². The summed E-state index contributed by atoms with van der Waals surface area (Å²) < 4.78 is 71.6. The van der Waals surface area contributed by atoms with Crippen molar-refractivity contribution in [3.63, 3.8) is 0 Å². The van der Waals surface area contributed by atoms with Crippen LogP contribution in [0.15, 0.2) is 12.1 Å². The second-order valence-electron chi connectivity index (χ2n) is 8.06. The number of carbonyl (C=O) groups is 1. The summed E-state index contributed by atoms with van der Waals surface area (Å²) in [5, 5.41) is 11.6. The molecule has 0 amide bonds. The Labute approximate surface area is 158 Å². The van der Waals surface area contributed by atoms with Crippen LogP contribution in [0.1, 0.15) is 43.2 Å². The van der Waals surface area contributed by atoms with Crippen molar-refractivity contribution < 1.29 is 40.4 Å². The van der Waals surface area contributed by atoms with Crippen LogP contribution in [0.25, 0.3) is 0 Å². The Morgan fingerprint density at radius 2 is 2.00 bits per heavy atom. The highest BCUT2D eigenvalue weighted by Gasteiger charge is 2.71. The number of halogens is 3. The first-order chi connectivity index (χ1) is 13.0. The van der Waals surface area contributed by atoms with Gasteiger partial charge in [0.2, 0.25) is 0 Å². The number of hydrogen-bond acceptors (Lipinski definition) is 6. The Hall–Kier alpha value is -1.81. The maximum Gasteiger partial charge on any atom is 0.534 e. The van der Waals surface area contributed by atoms with Crippen LogP contribution < -0.4 is 8.92 Å². The van der Waals surface area contributed by atoms with Crippen molar-refractivity contribution >= 4 is 15.9 Å². The highest BCUT2D eigenvalue weighted by atomic mass is 32.2. The summed E-state index contributed by atoms with van der Waals surface area (Å²) in [5.74, 6) is -1.08. The molecule has 4 atom stereocenters.